The van der Waals surface area contributed by atoms with Crippen molar-refractivity contribution in [2.75, 3.05) is 20.1 Å². The summed E-state index contributed by atoms with van der Waals surface area (Å²) in [5, 5.41) is 5.08. The van der Waals surface area contributed by atoms with Crippen molar-refractivity contribution in [3.05, 3.63) is 29.8 Å². The van der Waals surface area contributed by atoms with E-state index < -0.39 is 16.1 Å². The van der Waals surface area contributed by atoms with E-state index in [-0.39, 0.29) is 23.3 Å². The lowest BCUT2D eigenvalue weighted by Gasteiger charge is -2.31. The van der Waals surface area contributed by atoms with Crippen LogP contribution in [0.1, 0.15) is 17.3 Å². The molecule has 114 valence electrons. The number of piperazine rings is 1. The third-order valence-electron chi connectivity index (χ3n) is 3.39. The van der Waals surface area contributed by atoms with E-state index in [2.05, 4.69) is 10.6 Å². The molecule has 0 saturated carbocycles. The largest absolute Gasteiger partial charge is 0.355 e. The molecule has 0 aliphatic carbocycles. The highest BCUT2D eigenvalue weighted by atomic mass is 32.2. The number of carbonyl (C=O) groups is 2. The fourth-order valence-electron chi connectivity index (χ4n) is 2.15. The van der Waals surface area contributed by atoms with Crippen LogP contribution >= 0.6 is 0 Å². The average Bonchev–Trinajstić information content (AvgIpc) is 2.49. The van der Waals surface area contributed by atoms with Crippen LogP contribution in [0.5, 0.6) is 0 Å². The van der Waals surface area contributed by atoms with Crippen molar-refractivity contribution in [1.29, 1.82) is 0 Å². The van der Waals surface area contributed by atoms with Crippen LogP contribution in [0.25, 0.3) is 0 Å². The highest BCUT2D eigenvalue weighted by Gasteiger charge is 2.35. The predicted molar refractivity (Wildman–Crippen MR) is 76.2 cm³/mol. The fraction of sp³-hybridized carbons (Fsp3) is 0.385. The van der Waals surface area contributed by atoms with E-state index in [9.17, 15) is 18.0 Å². The van der Waals surface area contributed by atoms with Crippen LogP contribution in [0.2, 0.25) is 0 Å². The molecule has 8 heteroatoms. The summed E-state index contributed by atoms with van der Waals surface area (Å²) in [7, 11) is -2.25. The van der Waals surface area contributed by atoms with E-state index >= 15 is 0 Å². The zero-order valence-electron chi connectivity index (χ0n) is 11.8. The van der Waals surface area contributed by atoms with Crippen LogP contribution in [0.4, 0.5) is 0 Å². The first kappa shape index (κ1) is 15.5. The van der Waals surface area contributed by atoms with Crippen molar-refractivity contribution in [3.63, 3.8) is 0 Å². The van der Waals surface area contributed by atoms with Gasteiger partial charge < -0.3 is 10.6 Å². The molecule has 1 aliphatic heterocycles. The van der Waals surface area contributed by atoms with Crippen molar-refractivity contribution >= 4 is 21.8 Å². The maximum atomic E-state index is 12.5. The molecule has 0 aromatic heterocycles. The number of nitrogens with one attached hydrogen (secondary N) is 2. The van der Waals surface area contributed by atoms with Crippen molar-refractivity contribution < 1.29 is 18.0 Å². The monoisotopic (exact) mass is 311 g/mol. The maximum Gasteiger partial charge on any atom is 0.251 e. The third kappa shape index (κ3) is 2.91. The number of benzene rings is 1. The van der Waals surface area contributed by atoms with Gasteiger partial charge >= 0.3 is 0 Å². The molecule has 1 saturated heterocycles. The molecule has 1 aliphatic rings. The Morgan fingerprint density at radius 3 is 2.52 bits per heavy atom. The Morgan fingerprint density at radius 2 is 1.95 bits per heavy atom. The number of nitrogens with zero attached hydrogens (tertiary/aromatic N) is 1. The van der Waals surface area contributed by atoms with Crippen molar-refractivity contribution in [1.82, 2.24) is 14.9 Å². The summed E-state index contributed by atoms with van der Waals surface area (Å²) in [5.41, 5.74) is 0.376. The molecule has 7 nitrogen and oxygen atoms in total. The highest BCUT2D eigenvalue weighted by Crippen LogP contribution is 2.20. The van der Waals surface area contributed by atoms with Gasteiger partial charge in [-0.2, -0.15) is 4.31 Å². The van der Waals surface area contributed by atoms with E-state index in [1.807, 2.05) is 0 Å². The SMILES string of the molecule is CNC(=O)c1ccc(S(=O)(=O)N2CCNC(=O)C2C)cc1. The summed E-state index contributed by atoms with van der Waals surface area (Å²) in [5.74, 6) is -0.600. The van der Waals surface area contributed by atoms with Gasteiger partial charge in [-0.05, 0) is 31.2 Å². The van der Waals surface area contributed by atoms with E-state index in [0.29, 0.717) is 12.1 Å². The molecule has 1 aromatic carbocycles. The van der Waals surface area contributed by atoms with Gasteiger partial charge in [0.05, 0.1) is 4.90 Å². The van der Waals surface area contributed by atoms with Gasteiger partial charge in [-0.25, -0.2) is 8.42 Å². The van der Waals surface area contributed by atoms with Gasteiger partial charge in [0.25, 0.3) is 5.91 Å². The number of hydrogen-bond donors (Lipinski definition) is 2. The first-order valence-electron chi connectivity index (χ1n) is 6.49. The van der Waals surface area contributed by atoms with Gasteiger partial charge in [0.1, 0.15) is 6.04 Å². The summed E-state index contributed by atoms with van der Waals surface area (Å²) in [6.45, 7) is 2.07. The van der Waals surface area contributed by atoms with E-state index in [1.165, 1.54) is 35.6 Å². The lowest BCUT2D eigenvalue weighted by Crippen LogP contribution is -2.55. The summed E-state index contributed by atoms with van der Waals surface area (Å²) in [6, 6.07) is 4.89. The fourth-order valence-corrected chi connectivity index (χ4v) is 3.74. The summed E-state index contributed by atoms with van der Waals surface area (Å²) < 4.78 is 26.2. The Labute approximate surface area is 123 Å². The summed E-state index contributed by atoms with van der Waals surface area (Å²) in [6.07, 6.45) is 0. The minimum atomic E-state index is -3.75. The molecule has 1 fully saturated rings. The maximum absolute atomic E-state index is 12.5. The van der Waals surface area contributed by atoms with Crippen LogP contribution in [0.15, 0.2) is 29.2 Å². The summed E-state index contributed by atoms with van der Waals surface area (Å²) in [4.78, 5) is 23.1. The zero-order chi connectivity index (χ0) is 15.6. The lowest BCUT2D eigenvalue weighted by atomic mass is 10.2. The third-order valence-corrected chi connectivity index (χ3v) is 5.38. The standard InChI is InChI=1S/C13H17N3O4S/c1-9-12(17)15-7-8-16(9)21(19,20)11-5-3-10(4-6-11)13(18)14-2/h3-6,9H,7-8H2,1-2H3,(H,14,18)(H,15,17). The molecule has 0 spiro atoms. The quantitative estimate of drug-likeness (QED) is 0.791. The molecule has 1 aromatic rings. The molecule has 2 amide bonds. The molecule has 1 heterocycles. The Balaban J connectivity index is 2.31. The van der Waals surface area contributed by atoms with Gasteiger partial charge in [-0.1, -0.05) is 0 Å². The highest BCUT2D eigenvalue weighted by molar-refractivity contribution is 7.89. The van der Waals surface area contributed by atoms with Crippen LogP contribution in [0, 0.1) is 0 Å². The molecule has 2 N–H and O–H groups in total. The Hall–Kier alpha value is -1.93. The number of amides is 2. The Morgan fingerprint density at radius 1 is 1.33 bits per heavy atom. The molecular formula is C13H17N3O4S. The Kier molecular flexibility index (Phi) is 4.29. The molecular weight excluding hydrogens is 294 g/mol. The first-order chi connectivity index (χ1) is 9.87. The molecule has 2 rings (SSSR count). The van der Waals surface area contributed by atoms with E-state index in [0.717, 1.165) is 0 Å². The second-order valence-electron chi connectivity index (χ2n) is 4.69. The van der Waals surface area contributed by atoms with Crippen LogP contribution in [-0.4, -0.2) is 50.7 Å². The van der Waals surface area contributed by atoms with Crippen molar-refractivity contribution in [2.24, 2.45) is 0 Å². The topological polar surface area (TPSA) is 95.6 Å². The van der Waals surface area contributed by atoms with Gasteiger partial charge in [0.2, 0.25) is 15.9 Å². The number of hydrogen-bond acceptors (Lipinski definition) is 4. The average molecular weight is 311 g/mol. The van der Waals surface area contributed by atoms with Gasteiger partial charge in [-0.3, -0.25) is 9.59 Å². The van der Waals surface area contributed by atoms with E-state index in [1.54, 1.807) is 6.92 Å². The molecule has 1 unspecified atom stereocenters. The van der Waals surface area contributed by atoms with Crippen LogP contribution < -0.4 is 10.6 Å². The Bertz CT molecular complexity index is 654. The zero-order valence-corrected chi connectivity index (χ0v) is 12.6. The van der Waals surface area contributed by atoms with Crippen LogP contribution in [-0.2, 0) is 14.8 Å². The van der Waals surface area contributed by atoms with Gasteiger partial charge in [-0.15, -0.1) is 0 Å². The second-order valence-corrected chi connectivity index (χ2v) is 6.58. The van der Waals surface area contributed by atoms with Crippen LogP contribution in [0.3, 0.4) is 0 Å². The van der Waals surface area contributed by atoms with Gasteiger partial charge in [0, 0.05) is 25.7 Å². The smallest absolute Gasteiger partial charge is 0.251 e. The van der Waals surface area contributed by atoms with Crippen molar-refractivity contribution in [3.8, 4) is 0 Å². The molecule has 0 radical (unpaired) electrons. The minimum Gasteiger partial charge on any atom is -0.355 e. The number of sulfonamides is 1. The van der Waals surface area contributed by atoms with E-state index in [4.69, 9.17) is 0 Å². The molecule has 0 bridgehead atoms. The number of carbonyl (C=O) groups excluding carboxylic acids is 2. The van der Waals surface area contributed by atoms with Gasteiger partial charge in [0.15, 0.2) is 0 Å². The first-order valence-corrected chi connectivity index (χ1v) is 7.93. The normalized spacial score (nSPS) is 19.9. The predicted octanol–water partition coefficient (Wildman–Crippen LogP) is -0.445. The summed E-state index contributed by atoms with van der Waals surface area (Å²) >= 11 is 0. The van der Waals surface area contributed by atoms with Crippen molar-refractivity contribution in [2.45, 2.75) is 17.9 Å². The second kappa shape index (κ2) is 5.82. The molecule has 1 atom stereocenters. The number of rotatable bonds is 3. The molecule has 21 heavy (non-hydrogen) atoms. The minimum absolute atomic E-state index is 0.0664. The lowest BCUT2D eigenvalue weighted by molar-refractivity contribution is -0.126.